The molecule has 3 N–H and O–H groups in total. The van der Waals surface area contributed by atoms with Crippen LogP contribution in [-0.2, 0) is 5.60 Å². The van der Waals surface area contributed by atoms with Gasteiger partial charge in [-0.1, -0.05) is 19.9 Å². The first kappa shape index (κ1) is 20.9. The van der Waals surface area contributed by atoms with Crippen LogP contribution < -0.4 is 10.6 Å². The summed E-state index contributed by atoms with van der Waals surface area (Å²) in [5.74, 6) is 1.41. The van der Waals surface area contributed by atoms with Crippen molar-refractivity contribution in [2.45, 2.75) is 45.8 Å². The molecule has 1 aromatic heterocycles. The smallest absolute Gasteiger partial charge is 0.191 e. The van der Waals surface area contributed by atoms with Crippen LogP contribution in [0.25, 0.3) is 0 Å². The maximum atomic E-state index is 10.6. The second-order valence-corrected chi connectivity index (χ2v) is 8.02. The third-order valence-corrected chi connectivity index (χ3v) is 5.04. The molecule has 24 heavy (non-hydrogen) atoms. The van der Waals surface area contributed by atoms with Crippen molar-refractivity contribution in [3.8, 4) is 0 Å². The normalized spacial score (nSPS) is 16.3. The molecule has 2 atom stereocenters. The van der Waals surface area contributed by atoms with Gasteiger partial charge in [-0.05, 0) is 51.7 Å². The quantitative estimate of drug-likeness (QED) is 0.471. The number of nitrogens with one attached hydrogen (secondary N) is 2. The predicted octanol–water partition coefficient (Wildman–Crippen LogP) is 2.49. The molecule has 0 aliphatic carbocycles. The summed E-state index contributed by atoms with van der Waals surface area (Å²) >= 11 is 1.56. The van der Waals surface area contributed by atoms with Crippen LogP contribution in [0.15, 0.2) is 22.5 Å². The van der Waals surface area contributed by atoms with Gasteiger partial charge in [0.2, 0.25) is 0 Å². The highest BCUT2D eigenvalue weighted by Crippen LogP contribution is 2.25. The molecule has 5 nitrogen and oxygen atoms in total. The van der Waals surface area contributed by atoms with Crippen LogP contribution in [0.5, 0.6) is 0 Å². The van der Waals surface area contributed by atoms with E-state index in [1.807, 2.05) is 31.4 Å². The van der Waals surface area contributed by atoms with E-state index in [0.717, 1.165) is 30.3 Å². The molecule has 0 radical (unpaired) electrons. The third kappa shape index (κ3) is 7.20. The summed E-state index contributed by atoms with van der Waals surface area (Å²) in [7, 11) is 4.22. The van der Waals surface area contributed by atoms with Gasteiger partial charge in [0.15, 0.2) is 5.96 Å². The molecular weight excluding hydrogens is 320 g/mol. The van der Waals surface area contributed by atoms with E-state index in [-0.39, 0.29) is 0 Å². The number of hydrogen-bond acceptors (Lipinski definition) is 4. The van der Waals surface area contributed by atoms with Crippen molar-refractivity contribution in [3.63, 3.8) is 0 Å². The molecule has 138 valence electrons. The summed E-state index contributed by atoms with van der Waals surface area (Å²) in [6.07, 6.45) is 1.13. The Kier molecular flexibility index (Phi) is 8.73. The predicted molar refractivity (Wildman–Crippen MR) is 105 cm³/mol. The Labute approximate surface area is 151 Å². The van der Waals surface area contributed by atoms with Crippen LogP contribution in [-0.4, -0.2) is 55.7 Å². The van der Waals surface area contributed by atoms with Gasteiger partial charge in [-0.25, -0.2) is 4.99 Å². The van der Waals surface area contributed by atoms with Crippen LogP contribution in [0.4, 0.5) is 0 Å². The number of hydrogen-bond donors (Lipinski definition) is 3. The highest BCUT2D eigenvalue weighted by molar-refractivity contribution is 7.10. The molecule has 1 rings (SSSR count). The van der Waals surface area contributed by atoms with Crippen molar-refractivity contribution >= 4 is 17.3 Å². The standard InChI is InChI=1S/C18H34N4OS/c1-7-19-17(20-12-15(22(5)6)11-14(2)3)21-13-18(4,23)16-9-8-10-24-16/h8-10,14-15,23H,7,11-13H2,1-6H3,(H2,19,20,21). The van der Waals surface area contributed by atoms with E-state index in [2.05, 4.69) is 48.5 Å². The van der Waals surface area contributed by atoms with Crippen LogP contribution in [0, 0.1) is 5.92 Å². The second-order valence-electron chi connectivity index (χ2n) is 7.07. The number of aliphatic hydroxyl groups is 1. The van der Waals surface area contributed by atoms with Gasteiger partial charge in [0.25, 0.3) is 0 Å². The Balaban J connectivity index is 2.68. The molecule has 1 heterocycles. The van der Waals surface area contributed by atoms with Crippen LogP contribution in [0.2, 0.25) is 0 Å². The zero-order valence-electron chi connectivity index (χ0n) is 16.0. The Morgan fingerprint density at radius 1 is 1.38 bits per heavy atom. The van der Waals surface area contributed by atoms with Gasteiger partial charge in [0, 0.05) is 24.0 Å². The topological polar surface area (TPSA) is 59.9 Å². The third-order valence-electron chi connectivity index (χ3n) is 3.92. The lowest BCUT2D eigenvalue weighted by atomic mass is 10.0. The van der Waals surface area contributed by atoms with Crippen LogP contribution in [0.3, 0.4) is 0 Å². The number of nitrogens with zero attached hydrogens (tertiary/aromatic N) is 2. The zero-order valence-corrected chi connectivity index (χ0v) is 16.8. The van der Waals surface area contributed by atoms with Gasteiger partial charge in [-0.15, -0.1) is 11.3 Å². The van der Waals surface area contributed by atoms with Gasteiger partial charge in [-0.2, -0.15) is 0 Å². The average Bonchev–Trinajstić information content (AvgIpc) is 3.03. The summed E-state index contributed by atoms with van der Waals surface area (Å²) in [6.45, 7) is 10.3. The highest BCUT2D eigenvalue weighted by Gasteiger charge is 2.24. The van der Waals surface area contributed by atoms with E-state index >= 15 is 0 Å². The minimum Gasteiger partial charge on any atom is -0.383 e. The van der Waals surface area contributed by atoms with E-state index in [1.54, 1.807) is 11.3 Å². The van der Waals surface area contributed by atoms with E-state index in [1.165, 1.54) is 0 Å². The molecule has 0 aliphatic heterocycles. The van der Waals surface area contributed by atoms with Crippen molar-refractivity contribution in [2.75, 3.05) is 33.7 Å². The maximum absolute atomic E-state index is 10.6. The lowest BCUT2D eigenvalue weighted by Crippen LogP contribution is -2.46. The number of aliphatic imine (C=N–C) groups is 1. The molecule has 2 unspecified atom stereocenters. The van der Waals surface area contributed by atoms with Crippen molar-refractivity contribution in [1.29, 1.82) is 0 Å². The summed E-state index contributed by atoms with van der Waals surface area (Å²) < 4.78 is 0. The van der Waals surface area contributed by atoms with Gasteiger partial charge in [0.1, 0.15) is 5.60 Å². The van der Waals surface area contributed by atoms with Crippen molar-refractivity contribution in [3.05, 3.63) is 22.4 Å². The fraction of sp³-hybridized carbons (Fsp3) is 0.722. The first-order valence-electron chi connectivity index (χ1n) is 8.71. The Morgan fingerprint density at radius 3 is 2.58 bits per heavy atom. The lowest BCUT2D eigenvalue weighted by molar-refractivity contribution is 0.0711. The summed E-state index contributed by atoms with van der Waals surface area (Å²) in [5.41, 5.74) is -0.935. The number of rotatable bonds is 9. The first-order valence-corrected chi connectivity index (χ1v) is 9.59. The molecule has 6 heteroatoms. The van der Waals surface area contributed by atoms with Gasteiger partial charge in [0.05, 0.1) is 6.54 Å². The Morgan fingerprint density at radius 2 is 2.08 bits per heavy atom. The monoisotopic (exact) mass is 354 g/mol. The largest absolute Gasteiger partial charge is 0.383 e. The van der Waals surface area contributed by atoms with Crippen molar-refractivity contribution in [1.82, 2.24) is 15.5 Å². The molecule has 1 aromatic rings. The number of thiophene rings is 1. The average molecular weight is 355 g/mol. The summed E-state index contributed by atoms with van der Waals surface area (Å²) in [4.78, 5) is 7.77. The molecular formula is C18H34N4OS. The molecule has 0 fully saturated rings. The van der Waals surface area contributed by atoms with E-state index in [4.69, 9.17) is 0 Å². The highest BCUT2D eigenvalue weighted by atomic mass is 32.1. The molecule has 0 aliphatic rings. The first-order chi connectivity index (χ1) is 11.3. The fourth-order valence-corrected chi connectivity index (χ4v) is 3.25. The van der Waals surface area contributed by atoms with Crippen molar-refractivity contribution < 1.29 is 5.11 Å². The number of guanidine groups is 1. The summed E-state index contributed by atoms with van der Waals surface area (Å²) in [5, 5.41) is 19.3. The molecule has 0 spiro atoms. The lowest BCUT2D eigenvalue weighted by Gasteiger charge is -2.27. The van der Waals surface area contributed by atoms with E-state index in [0.29, 0.717) is 18.5 Å². The van der Waals surface area contributed by atoms with Gasteiger partial charge >= 0.3 is 0 Å². The molecule has 0 bridgehead atoms. The number of likely N-dealkylation sites (N-methyl/N-ethyl adjacent to an activating group) is 1. The summed E-state index contributed by atoms with van der Waals surface area (Å²) in [6, 6.07) is 4.35. The second kappa shape index (κ2) is 10.0. The molecule has 0 saturated carbocycles. The zero-order chi connectivity index (χ0) is 18.2. The minimum atomic E-state index is -0.935. The van der Waals surface area contributed by atoms with Crippen LogP contribution >= 0.6 is 11.3 Å². The maximum Gasteiger partial charge on any atom is 0.191 e. The van der Waals surface area contributed by atoms with Gasteiger partial charge < -0.3 is 20.6 Å². The van der Waals surface area contributed by atoms with Crippen molar-refractivity contribution in [2.24, 2.45) is 10.9 Å². The van der Waals surface area contributed by atoms with E-state index in [9.17, 15) is 5.11 Å². The van der Waals surface area contributed by atoms with E-state index < -0.39 is 5.60 Å². The molecule has 0 saturated heterocycles. The fourth-order valence-electron chi connectivity index (χ4n) is 2.47. The molecule has 0 amide bonds. The minimum absolute atomic E-state index is 0.333. The van der Waals surface area contributed by atoms with Crippen LogP contribution in [0.1, 0.15) is 39.0 Å². The Hall–Kier alpha value is -1.11. The Bertz CT molecular complexity index is 483. The SMILES string of the molecule is CCNC(=NCC(C)(O)c1cccs1)NCC(CC(C)C)N(C)C. The van der Waals surface area contributed by atoms with Gasteiger partial charge in [-0.3, -0.25) is 0 Å². The molecule has 0 aromatic carbocycles.